The zero-order chi connectivity index (χ0) is 21.5. The predicted octanol–water partition coefficient (Wildman–Crippen LogP) is 4.50. The third-order valence-corrected chi connectivity index (χ3v) is 5.04. The summed E-state index contributed by atoms with van der Waals surface area (Å²) in [7, 11) is 0. The Kier molecular flexibility index (Phi) is 7.33. The molecule has 0 aliphatic carbocycles. The van der Waals surface area contributed by atoms with Crippen molar-refractivity contribution in [3.05, 3.63) is 48.5 Å². The van der Waals surface area contributed by atoms with Gasteiger partial charge in [-0.05, 0) is 67.8 Å². The minimum absolute atomic E-state index is 0.0480. The number of carbonyl (C=O) groups excluding carboxylic acids is 2. The second kappa shape index (κ2) is 10.1. The van der Waals surface area contributed by atoms with Crippen LogP contribution >= 0.6 is 0 Å². The van der Waals surface area contributed by atoms with Crippen molar-refractivity contribution in [1.82, 2.24) is 0 Å². The fraction of sp³-hybridized carbons (Fsp3) is 0.417. The van der Waals surface area contributed by atoms with E-state index in [0.29, 0.717) is 31.4 Å². The molecule has 0 saturated carbocycles. The Morgan fingerprint density at radius 2 is 1.70 bits per heavy atom. The summed E-state index contributed by atoms with van der Waals surface area (Å²) in [5.74, 6) is 1.56. The van der Waals surface area contributed by atoms with Gasteiger partial charge < -0.3 is 19.7 Å². The van der Waals surface area contributed by atoms with Gasteiger partial charge in [0, 0.05) is 24.3 Å². The monoisotopic (exact) mass is 410 g/mol. The van der Waals surface area contributed by atoms with Gasteiger partial charge in [0.2, 0.25) is 11.8 Å². The first-order chi connectivity index (χ1) is 14.5. The topological polar surface area (TPSA) is 67.9 Å². The van der Waals surface area contributed by atoms with Crippen molar-refractivity contribution >= 4 is 23.2 Å². The first-order valence-electron chi connectivity index (χ1n) is 10.5. The molecular formula is C24H30N2O4. The molecule has 1 N–H and O–H groups in total. The summed E-state index contributed by atoms with van der Waals surface area (Å²) in [6.07, 6.45) is 1.20. The highest BCUT2D eigenvalue weighted by Gasteiger charge is 2.35. The Hall–Kier alpha value is -3.02. The largest absolute Gasteiger partial charge is 0.494 e. The van der Waals surface area contributed by atoms with Gasteiger partial charge in [-0.2, -0.15) is 0 Å². The van der Waals surface area contributed by atoms with Crippen molar-refractivity contribution in [2.24, 2.45) is 11.8 Å². The Morgan fingerprint density at radius 3 is 2.33 bits per heavy atom. The zero-order valence-corrected chi connectivity index (χ0v) is 17.9. The van der Waals surface area contributed by atoms with E-state index < -0.39 is 0 Å². The Bertz CT molecular complexity index is 847. The second-order valence-corrected chi connectivity index (χ2v) is 7.88. The molecule has 30 heavy (non-hydrogen) atoms. The van der Waals surface area contributed by atoms with Gasteiger partial charge in [-0.3, -0.25) is 9.59 Å². The molecule has 1 fully saturated rings. The molecule has 3 rings (SSSR count). The summed E-state index contributed by atoms with van der Waals surface area (Å²) >= 11 is 0. The van der Waals surface area contributed by atoms with Crippen LogP contribution in [0.2, 0.25) is 0 Å². The lowest BCUT2D eigenvalue weighted by atomic mass is 10.1. The molecule has 1 aliphatic heterocycles. The van der Waals surface area contributed by atoms with E-state index in [1.165, 1.54) is 0 Å². The lowest BCUT2D eigenvalue weighted by molar-refractivity contribution is -0.122. The number of hydrogen-bond donors (Lipinski definition) is 1. The van der Waals surface area contributed by atoms with Gasteiger partial charge >= 0.3 is 0 Å². The minimum Gasteiger partial charge on any atom is -0.494 e. The maximum absolute atomic E-state index is 12.7. The maximum atomic E-state index is 12.7. The number of hydrogen-bond acceptors (Lipinski definition) is 4. The maximum Gasteiger partial charge on any atom is 0.229 e. The molecule has 0 spiro atoms. The van der Waals surface area contributed by atoms with Crippen molar-refractivity contribution < 1.29 is 19.1 Å². The number of benzene rings is 2. The van der Waals surface area contributed by atoms with E-state index in [0.717, 1.165) is 23.6 Å². The molecule has 0 radical (unpaired) electrons. The molecule has 0 unspecified atom stereocenters. The van der Waals surface area contributed by atoms with E-state index in [1.807, 2.05) is 55.5 Å². The standard InChI is InChI=1S/C24H30N2O4/c1-4-29-21-11-7-20(8-12-21)26-16-18(15-23(26)27)24(28)25-19-5-9-22(10-6-19)30-14-13-17(2)3/h5-12,17-18H,4,13-16H2,1-3H3,(H,25,28)/t18-/m1/s1. The highest BCUT2D eigenvalue weighted by atomic mass is 16.5. The zero-order valence-electron chi connectivity index (χ0n) is 17.9. The van der Waals surface area contributed by atoms with Gasteiger partial charge in [-0.15, -0.1) is 0 Å². The van der Waals surface area contributed by atoms with Crippen molar-refractivity contribution in [3.8, 4) is 11.5 Å². The van der Waals surface area contributed by atoms with Crippen molar-refractivity contribution in [2.75, 3.05) is 30.0 Å². The molecule has 6 heteroatoms. The molecule has 2 amide bonds. The predicted molar refractivity (Wildman–Crippen MR) is 118 cm³/mol. The van der Waals surface area contributed by atoms with E-state index in [9.17, 15) is 9.59 Å². The van der Waals surface area contributed by atoms with E-state index in [2.05, 4.69) is 19.2 Å². The van der Waals surface area contributed by atoms with Crippen LogP contribution in [-0.4, -0.2) is 31.6 Å². The summed E-state index contributed by atoms with van der Waals surface area (Å²) < 4.78 is 11.1. The molecule has 1 aliphatic rings. The van der Waals surface area contributed by atoms with Crippen molar-refractivity contribution in [1.29, 1.82) is 0 Å². The van der Waals surface area contributed by atoms with Gasteiger partial charge in [0.25, 0.3) is 0 Å². The molecule has 1 atom stereocenters. The van der Waals surface area contributed by atoms with Crippen LogP contribution in [0.5, 0.6) is 11.5 Å². The molecule has 0 bridgehead atoms. The van der Waals surface area contributed by atoms with Crippen LogP contribution < -0.4 is 19.7 Å². The fourth-order valence-electron chi connectivity index (χ4n) is 3.31. The minimum atomic E-state index is -0.383. The number of rotatable bonds is 9. The van der Waals surface area contributed by atoms with Crippen molar-refractivity contribution in [3.63, 3.8) is 0 Å². The number of ether oxygens (including phenoxy) is 2. The molecule has 1 heterocycles. The summed E-state index contributed by atoms with van der Waals surface area (Å²) in [4.78, 5) is 26.8. The number of carbonyl (C=O) groups is 2. The summed E-state index contributed by atoms with van der Waals surface area (Å²) in [5, 5.41) is 2.91. The van der Waals surface area contributed by atoms with Crippen molar-refractivity contribution in [2.45, 2.75) is 33.6 Å². The number of nitrogens with zero attached hydrogens (tertiary/aromatic N) is 1. The van der Waals surface area contributed by atoms with Crippen LogP contribution in [0.1, 0.15) is 33.6 Å². The van der Waals surface area contributed by atoms with Crippen LogP contribution in [0, 0.1) is 11.8 Å². The summed E-state index contributed by atoms with van der Waals surface area (Å²) in [5.41, 5.74) is 1.48. The van der Waals surface area contributed by atoms with E-state index in [1.54, 1.807) is 4.90 Å². The highest BCUT2D eigenvalue weighted by Crippen LogP contribution is 2.28. The van der Waals surface area contributed by atoms with E-state index in [-0.39, 0.29) is 24.2 Å². The molecule has 1 saturated heterocycles. The average Bonchev–Trinajstić information content (AvgIpc) is 3.12. The van der Waals surface area contributed by atoms with Crippen LogP contribution in [0.4, 0.5) is 11.4 Å². The second-order valence-electron chi connectivity index (χ2n) is 7.88. The number of anilines is 2. The fourth-order valence-corrected chi connectivity index (χ4v) is 3.31. The van der Waals surface area contributed by atoms with Gasteiger partial charge in [0.15, 0.2) is 0 Å². The highest BCUT2D eigenvalue weighted by molar-refractivity contribution is 6.03. The first-order valence-corrected chi connectivity index (χ1v) is 10.5. The van der Waals surface area contributed by atoms with Crippen LogP contribution in [0.15, 0.2) is 48.5 Å². The SMILES string of the molecule is CCOc1ccc(N2C[C@H](C(=O)Nc3ccc(OCCC(C)C)cc3)CC2=O)cc1. The summed E-state index contributed by atoms with van der Waals surface area (Å²) in [6, 6.07) is 14.7. The lowest BCUT2D eigenvalue weighted by Gasteiger charge is -2.17. The third-order valence-electron chi connectivity index (χ3n) is 5.04. The van der Waals surface area contributed by atoms with E-state index >= 15 is 0 Å². The normalized spacial score (nSPS) is 16.1. The Morgan fingerprint density at radius 1 is 1.07 bits per heavy atom. The van der Waals surface area contributed by atoms with Gasteiger partial charge in [-0.1, -0.05) is 13.8 Å². The third kappa shape index (κ3) is 5.75. The first kappa shape index (κ1) is 21.7. The van der Waals surface area contributed by atoms with Crippen LogP contribution in [0.25, 0.3) is 0 Å². The molecule has 160 valence electrons. The van der Waals surface area contributed by atoms with E-state index in [4.69, 9.17) is 9.47 Å². The average molecular weight is 411 g/mol. The molecule has 0 aromatic heterocycles. The Balaban J connectivity index is 1.54. The molecule has 2 aromatic rings. The van der Waals surface area contributed by atoms with Crippen LogP contribution in [-0.2, 0) is 9.59 Å². The summed E-state index contributed by atoms with van der Waals surface area (Å²) in [6.45, 7) is 7.88. The van der Waals surface area contributed by atoms with Gasteiger partial charge in [0.1, 0.15) is 11.5 Å². The lowest BCUT2D eigenvalue weighted by Crippen LogP contribution is -2.28. The molecular weight excluding hydrogens is 380 g/mol. The molecule has 2 aromatic carbocycles. The van der Waals surface area contributed by atoms with Crippen LogP contribution in [0.3, 0.4) is 0 Å². The van der Waals surface area contributed by atoms with Gasteiger partial charge in [0.05, 0.1) is 19.1 Å². The smallest absolute Gasteiger partial charge is 0.229 e. The quantitative estimate of drug-likeness (QED) is 0.661. The van der Waals surface area contributed by atoms with Gasteiger partial charge in [-0.25, -0.2) is 0 Å². The molecule has 6 nitrogen and oxygen atoms in total. The Labute approximate surface area is 178 Å². The number of nitrogens with one attached hydrogen (secondary N) is 1. The number of amides is 2.